The highest BCUT2D eigenvalue weighted by Gasteiger charge is 2.14. The van der Waals surface area contributed by atoms with Gasteiger partial charge in [-0.1, -0.05) is 19.4 Å². The molecule has 5 heteroatoms. The van der Waals surface area contributed by atoms with Gasteiger partial charge in [0, 0.05) is 47.9 Å². The second-order valence-corrected chi connectivity index (χ2v) is 6.14. The molecule has 0 fully saturated rings. The number of nitrogens with one attached hydrogen (secondary N) is 2. The van der Waals surface area contributed by atoms with Gasteiger partial charge in [-0.25, -0.2) is 4.98 Å². The predicted molar refractivity (Wildman–Crippen MR) is 97.4 cm³/mol. The number of carbonyl (C=O) groups excluding carboxylic acids is 1. The van der Waals surface area contributed by atoms with Gasteiger partial charge in [-0.15, -0.1) is 0 Å². The van der Waals surface area contributed by atoms with Gasteiger partial charge in [0.15, 0.2) is 0 Å². The lowest BCUT2D eigenvalue weighted by atomic mass is 9.97. The Labute approximate surface area is 141 Å². The zero-order chi connectivity index (χ0) is 17.1. The van der Waals surface area contributed by atoms with E-state index in [4.69, 9.17) is 0 Å². The van der Waals surface area contributed by atoms with Crippen molar-refractivity contribution in [2.24, 2.45) is 0 Å². The third kappa shape index (κ3) is 3.45. The van der Waals surface area contributed by atoms with Crippen molar-refractivity contribution in [1.29, 1.82) is 0 Å². The molecule has 0 aliphatic carbocycles. The molecule has 0 radical (unpaired) electrons. The van der Waals surface area contributed by atoms with Crippen LogP contribution in [0.5, 0.6) is 0 Å². The quantitative estimate of drug-likeness (QED) is 0.902. The summed E-state index contributed by atoms with van der Waals surface area (Å²) in [5, 5.41) is 8.08. The molecular weight excluding hydrogens is 300 g/mol. The smallest absolute Gasteiger partial charge is 0.222 e. The molecule has 0 saturated carbocycles. The first-order valence-electron chi connectivity index (χ1n) is 8.25. The average molecular weight is 322 g/mol. The molecular formula is C19H22N4O. The van der Waals surface area contributed by atoms with Gasteiger partial charge < -0.3 is 10.6 Å². The van der Waals surface area contributed by atoms with Crippen molar-refractivity contribution in [2.75, 3.05) is 5.32 Å². The number of amides is 1. The summed E-state index contributed by atoms with van der Waals surface area (Å²) in [4.78, 5) is 20.0. The maximum absolute atomic E-state index is 11.1. The van der Waals surface area contributed by atoms with Gasteiger partial charge in [-0.05, 0) is 31.1 Å². The summed E-state index contributed by atoms with van der Waals surface area (Å²) in [6.07, 6.45) is 10.2. The third-order valence-electron chi connectivity index (χ3n) is 4.10. The van der Waals surface area contributed by atoms with Crippen molar-refractivity contribution in [3.63, 3.8) is 0 Å². The maximum atomic E-state index is 11.1. The number of carbonyl (C=O) groups is 1. The Morgan fingerprint density at radius 3 is 2.71 bits per heavy atom. The number of allylic oxidation sites excluding steroid dienone is 2. The SMILES string of the molecule is CCCC1C=C(C)C(c2cc3cnc(NC(C)=O)cc3cn2)=CN1. The number of rotatable bonds is 4. The van der Waals surface area contributed by atoms with E-state index in [1.807, 2.05) is 18.3 Å². The highest BCUT2D eigenvalue weighted by molar-refractivity contribution is 5.92. The first-order chi connectivity index (χ1) is 11.6. The van der Waals surface area contributed by atoms with Gasteiger partial charge in [0.1, 0.15) is 5.82 Å². The molecule has 3 rings (SSSR count). The molecule has 24 heavy (non-hydrogen) atoms. The van der Waals surface area contributed by atoms with Crippen LogP contribution in [0.4, 0.5) is 5.82 Å². The van der Waals surface area contributed by atoms with Gasteiger partial charge in [0.25, 0.3) is 0 Å². The van der Waals surface area contributed by atoms with Crippen molar-refractivity contribution in [3.05, 3.63) is 48.1 Å². The highest BCUT2D eigenvalue weighted by atomic mass is 16.1. The fraction of sp³-hybridized carbons (Fsp3) is 0.316. The predicted octanol–water partition coefficient (Wildman–Crippen LogP) is 3.65. The molecule has 0 saturated heterocycles. The average Bonchev–Trinajstić information content (AvgIpc) is 2.54. The Kier molecular flexibility index (Phi) is 4.60. The molecule has 3 heterocycles. The molecule has 2 aromatic heterocycles. The molecule has 5 nitrogen and oxygen atoms in total. The van der Waals surface area contributed by atoms with Crippen LogP contribution in [0, 0.1) is 0 Å². The zero-order valence-corrected chi connectivity index (χ0v) is 14.3. The second kappa shape index (κ2) is 6.83. The van der Waals surface area contributed by atoms with E-state index in [9.17, 15) is 4.79 Å². The number of fused-ring (bicyclic) bond motifs is 1. The van der Waals surface area contributed by atoms with Crippen LogP contribution < -0.4 is 10.6 Å². The lowest BCUT2D eigenvalue weighted by Gasteiger charge is -2.21. The molecule has 2 N–H and O–H groups in total. The lowest BCUT2D eigenvalue weighted by Crippen LogP contribution is -2.25. The van der Waals surface area contributed by atoms with Crippen molar-refractivity contribution in [1.82, 2.24) is 15.3 Å². The standard InChI is InChI=1S/C19H22N4O/c1-4-5-16-6-12(2)17(11-20-16)18-7-14-10-22-19(23-13(3)24)8-15(14)9-21-18/h6-11,16,20H,4-5H2,1-3H3,(H,22,23,24). The molecule has 1 aliphatic rings. The van der Waals surface area contributed by atoms with E-state index in [-0.39, 0.29) is 5.91 Å². The van der Waals surface area contributed by atoms with Crippen LogP contribution in [-0.4, -0.2) is 21.9 Å². The Bertz CT molecular complexity index is 838. The van der Waals surface area contributed by atoms with Gasteiger partial charge in [-0.2, -0.15) is 0 Å². The molecule has 124 valence electrons. The second-order valence-electron chi connectivity index (χ2n) is 6.14. The normalized spacial score (nSPS) is 17.0. The summed E-state index contributed by atoms with van der Waals surface area (Å²) in [6.45, 7) is 5.78. The van der Waals surface area contributed by atoms with Crippen LogP contribution in [0.3, 0.4) is 0 Å². The van der Waals surface area contributed by atoms with Crippen LogP contribution in [0.1, 0.15) is 39.3 Å². The van der Waals surface area contributed by atoms with E-state index in [2.05, 4.69) is 46.7 Å². The monoisotopic (exact) mass is 322 g/mol. The van der Waals surface area contributed by atoms with E-state index < -0.39 is 0 Å². The highest BCUT2D eigenvalue weighted by Crippen LogP contribution is 2.27. The van der Waals surface area contributed by atoms with Gasteiger partial charge in [-0.3, -0.25) is 9.78 Å². The van der Waals surface area contributed by atoms with E-state index >= 15 is 0 Å². The topological polar surface area (TPSA) is 66.9 Å². The summed E-state index contributed by atoms with van der Waals surface area (Å²) < 4.78 is 0. The Morgan fingerprint density at radius 1 is 1.25 bits per heavy atom. The maximum Gasteiger partial charge on any atom is 0.222 e. The molecule has 0 aromatic carbocycles. The molecule has 0 bridgehead atoms. The van der Waals surface area contributed by atoms with Crippen LogP contribution in [-0.2, 0) is 4.79 Å². The number of nitrogens with zero attached hydrogens (tertiary/aromatic N) is 2. The van der Waals surface area contributed by atoms with E-state index in [1.54, 1.807) is 6.20 Å². The largest absolute Gasteiger partial charge is 0.384 e. The van der Waals surface area contributed by atoms with E-state index in [0.717, 1.165) is 34.9 Å². The molecule has 1 unspecified atom stereocenters. The fourth-order valence-corrected chi connectivity index (χ4v) is 2.93. The lowest BCUT2D eigenvalue weighted by molar-refractivity contribution is -0.114. The minimum absolute atomic E-state index is 0.132. The fourth-order valence-electron chi connectivity index (χ4n) is 2.93. The first-order valence-corrected chi connectivity index (χ1v) is 8.25. The molecule has 1 atom stereocenters. The Hall–Kier alpha value is -2.69. The summed E-state index contributed by atoms with van der Waals surface area (Å²) >= 11 is 0. The van der Waals surface area contributed by atoms with Gasteiger partial charge >= 0.3 is 0 Å². The Balaban J connectivity index is 1.89. The zero-order valence-electron chi connectivity index (χ0n) is 14.3. The van der Waals surface area contributed by atoms with Gasteiger partial charge in [0.05, 0.1) is 5.69 Å². The van der Waals surface area contributed by atoms with Crippen molar-refractivity contribution < 1.29 is 4.79 Å². The van der Waals surface area contributed by atoms with Crippen LogP contribution in [0.15, 0.2) is 42.4 Å². The van der Waals surface area contributed by atoms with E-state index in [1.165, 1.54) is 12.5 Å². The first kappa shape index (κ1) is 16.2. The molecule has 2 aromatic rings. The minimum Gasteiger partial charge on any atom is -0.384 e. The Morgan fingerprint density at radius 2 is 2.00 bits per heavy atom. The number of hydrogen-bond acceptors (Lipinski definition) is 4. The third-order valence-corrected chi connectivity index (χ3v) is 4.10. The minimum atomic E-state index is -0.132. The van der Waals surface area contributed by atoms with Crippen LogP contribution >= 0.6 is 0 Å². The number of pyridine rings is 2. The number of aromatic nitrogens is 2. The molecule has 1 aliphatic heterocycles. The van der Waals surface area contributed by atoms with Crippen molar-refractivity contribution >= 4 is 28.1 Å². The number of dihydropyridines is 1. The summed E-state index contributed by atoms with van der Waals surface area (Å²) in [7, 11) is 0. The summed E-state index contributed by atoms with van der Waals surface area (Å²) in [5.74, 6) is 0.411. The van der Waals surface area contributed by atoms with Crippen LogP contribution in [0.25, 0.3) is 16.3 Å². The van der Waals surface area contributed by atoms with Crippen molar-refractivity contribution in [2.45, 2.75) is 39.7 Å². The van der Waals surface area contributed by atoms with Crippen LogP contribution in [0.2, 0.25) is 0 Å². The molecule has 1 amide bonds. The number of anilines is 1. The number of hydrogen-bond donors (Lipinski definition) is 2. The molecule has 0 spiro atoms. The van der Waals surface area contributed by atoms with Gasteiger partial charge in [0.2, 0.25) is 5.91 Å². The summed E-state index contributed by atoms with van der Waals surface area (Å²) in [5.41, 5.74) is 3.27. The summed E-state index contributed by atoms with van der Waals surface area (Å²) in [6, 6.07) is 4.27. The van der Waals surface area contributed by atoms with Crippen molar-refractivity contribution in [3.8, 4) is 0 Å². The van der Waals surface area contributed by atoms with E-state index in [0.29, 0.717) is 11.9 Å².